The molecule has 5 rings (SSSR count). The molecule has 0 aliphatic carbocycles. The van der Waals surface area contributed by atoms with E-state index in [9.17, 15) is 13.2 Å². The Morgan fingerprint density at radius 2 is 2.06 bits per heavy atom. The number of amides is 1. The summed E-state index contributed by atoms with van der Waals surface area (Å²) in [7, 11) is -2.56. The topological polar surface area (TPSA) is 120 Å². The Hall–Kier alpha value is -4.30. The van der Waals surface area contributed by atoms with Crippen LogP contribution < -0.4 is 9.46 Å². The first kappa shape index (κ1) is 23.4. The lowest BCUT2D eigenvalue weighted by Gasteiger charge is -2.13. The molecule has 4 aromatic rings. The number of aryl methyl sites for hydroxylation is 2. The molecule has 184 valence electrons. The fourth-order valence-corrected chi connectivity index (χ4v) is 5.93. The Bertz CT molecular complexity index is 1640. The molecule has 10 nitrogen and oxygen atoms in total. The monoisotopic (exact) mass is 505 g/mol. The van der Waals surface area contributed by atoms with E-state index in [0.29, 0.717) is 36.2 Å². The van der Waals surface area contributed by atoms with Gasteiger partial charge in [-0.1, -0.05) is 23.4 Å². The first-order chi connectivity index (χ1) is 17.2. The third kappa shape index (κ3) is 4.05. The lowest BCUT2D eigenvalue weighted by atomic mass is 10.1. The van der Waals surface area contributed by atoms with Crippen molar-refractivity contribution < 1.29 is 22.5 Å². The summed E-state index contributed by atoms with van der Waals surface area (Å²) >= 11 is 0. The van der Waals surface area contributed by atoms with Crippen molar-refractivity contribution in [3.63, 3.8) is 0 Å². The van der Waals surface area contributed by atoms with E-state index in [-0.39, 0.29) is 22.4 Å². The summed E-state index contributed by atoms with van der Waals surface area (Å²) < 4.78 is 41.5. The fourth-order valence-electron chi connectivity index (χ4n) is 4.53. The molecule has 2 aromatic heterocycles. The Balaban J connectivity index is 1.40. The van der Waals surface area contributed by atoms with Crippen LogP contribution in [0.4, 0.5) is 5.82 Å². The van der Waals surface area contributed by atoms with Crippen LogP contribution in [0.3, 0.4) is 0 Å². The van der Waals surface area contributed by atoms with Gasteiger partial charge in [-0.2, -0.15) is 5.10 Å². The number of sulfonamides is 1. The SMILES string of the molecule is C#CC(=O)N1Cc2cn(Cc3cc(C)c4c(NS(=O)(=O)c5c(C)cccc5OC)noc4c3)nc2C1. The summed E-state index contributed by atoms with van der Waals surface area (Å²) in [6.45, 7) is 4.86. The van der Waals surface area contributed by atoms with Crippen LogP contribution in [0.5, 0.6) is 5.75 Å². The first-order valence-electron chi connectivity index (χ1n) is 11.1. The Morgan fingerprint density at radius 3 is 2.78 bits per heavy atom. The van der Waals surface area contributed by atoms with Gasteiger partial charge in [0.1, 0.15) is 10.6 Å². The molecule has 2 aromatic carbocycles. The average molecular weight is 506 g/mol. The van der Waals surface area contributed by atoms with E-state index in [0.717, 1.165) is 22.4 Å². The highest BCUT2D eigenvalue weighted by atomic mass is 32.2. The molecule has 0 fully saturated rings. The highest BCUT2D eigenvalue weighted by molar-refractivity contribution is 7.92. The number of ether oxygens (including phenoxy) is 1. The fraction of sp³-hybridized carbons (Fsp3) is 0.240. The molecule has 0 bridgehead atoms. The number of carbonyl (C=O) groups excluding carboxylic acids is 1. The molecule has 0 saturated carbocycles. The average Bonchev–Trinajstić information content (AvgIpc) is 3.51. The van der Waals surface area contributed by atoms with Crippen molar-refractivity contribution in [2.75, 3.05) is 11.8 Å². The largest absolute Gasteiger partial charge is 0.495 e. The van der Waals surface area contributed by atoms with Crippen molar-refractivity contribution in [3.8, 4) is 18.1 Å². The van der Waals surface area contributed by atoms with Crippen LogP contribution in [0.2, 0.25) is 0 Å². The van der Waals surface area contributed by atoms with Gasteiger partial charge in [0.2, 0.25) is 0 Å². The number of benzene rings is 2. The van der Waals surface area contributed by atoms with E-state index in [2.05, 4.69) is 20.9 Å². The summed E-state index contributed by atoms with van der Waals surface area (Å²) in [4.78, 5) is 13.3. The maximum absolute atomic E-state index is 13.2. The van der Waals surface area contributed by atoms with E-state index < -0.39 is 10.0 Å². The second-order valence-electron chi connectivity index (χ2n) is 8.63. The number of aromatic nitrogens is 3. The van der Waals surface area contributed by atoms with E-state index in [4.69, 9.17) is 15.7 Å². The lowest BCUT2D eigenvalue weighted by Crippen LogP contribution is -2.24. The zero-order valence-corrected chi connectivity index (χ0v) is 20.7. The molecule has 0 unspecified atom stereocenters. The molecule has 1 aliphatic rings. The molecule has 3 heterocycles. The quantitative estimate of drug-likeness (QED) is 0.400. The molecule has 0 saturated heterocycles. The Kier molecular flexibility index (Phi) is 5.68. The Labute approximate surface area is 207 Å². The number of hydrogen-bond acceptors (Lipinski definition) is 7. The minimum Gasteiger partial charge on any atom is -0.495 e. The van der Waals surface area contributed by atoms with Crippen molar-refractivity contribution in [2.24, 2.45) is 0 Å². The molecule has 0 spiro atoms. The molecule has 36 heavy (non-hydrogen) atoms. The van der Waals surface area contributed by atoms with Crippen LogP contribution in [0.25, 0.3) is 11.0 Å². The predicted molar refractivity (Wildman–Crippen MR) is 132 cm³/mol. The molecule has 1 amide bonds. The van der Waals surface area contributed by atoms with Gasteiger partial charge < -0.3 is 14.2 Å². The van der Waals surface area contributed by atoms with E-state index >= 15 is 0 Å². The van der Waals surface area contributed by atoms with Crippen molar-refractivity contribution >= 4 is 32.7 Å². The second-order valence-corrected chi connectivity index (χ2v) is 10.3. The normalized spacial score (nSPS) is 13.0. The van der Waals surface area contributed by atoms with E-state index in [1.165, 1.54) is 7.11 Å². The number of terminal acetylenes is 1. The molecule has 1 N–H and O–H groups in total. The standard InChI is InChI=1S/C25H23N5O5S/c1-5-22(31)29-12-18-13-30(26-19(18)14-29)11-17-9-16(3)23-21(10-17)35-27-25(23)28-36(32,33)24-15(2)7-6-8-20(24)34-4/h1,6-10,13H,11-12,14H2,2-4H3,(H,27,28). The zero-order valence-electron chi connectivity index (χ0n) is 19.9. The molecular weight excluding hydrogens is 482 g/mol. The maximum atomic E-state index is 13.2. The van der Waals surface area contributed by atoms with Crippen LogP contribution in [-0.2, 0) is 34.5 Å². The van der Waals surface area contributed by atoms with Gasteiger partial charge in [-0.3, -0.25) is 14.2 Å². The van der Waals surface area contributed by atoms with Crippen molar-refractivity contribution in [3.05, 3.63) is 64.5 Å². The highest BCUT2D eigenvalue weighted by Gasteiger charge is 2.27. The van der Waals surface area contributed by atoms with Crippen LogP contribution in [0.15, 0.2) is 45.9 Å². The van der Waals surface area contributed by atoms with Gasteiger partial charge in [0, 0.05) is 11.8 Å². The van der Waals surface area contributed by atoms with E-state index in [1.54, 1.807) is 34.7 Å². The zero-order chi connectivity index (χ0) is 25.6. The van der Waals surface area contributed by atoms with Gasteiger partial charge in [0.05, 0.1) is 37.8 Å². The summed E-state index contributed by atoms with van der Waals surface area (Å²) in [5, 5.41) is 9.14. The number of methoxy groups -OCH3 is 1. The summed E-state index contributed by atoms with van der Waals surface area (Å²) in [6.07, 6.45) is 7.10. The third-order valence-corrected chi connectivity index (χ3v) is 7.63. The summed E-state index contributed by atoms with van der Waals surface area (Å²) in [5.41, 5.74) is 4.47. The first-order valence-corrected chi connectivity index (χ1v) is 12.5. The minimum atomic E-state index is -3.99. The number of rotatable bonds is 6. The van der Waals surface area contributed by atoms with Crippen LogP contribution in [0.1, 0.15) is 27.9 Å². The second kappa shape index (κ2) is 8.73. The van der Waals surface area contributed by atoms with Crippen LogP contribution in [0, 0.1) is 26.2 Å². The molecular formula is C25H23N5O5S. The molecule has 0 radical (unpaired) electrons. The van der Waals surface area contributed by atoms with Gasteiger partial charge >= 0.3 is 0 Å². The van der Waals surface area contributed by atoms with Gasteiger partial charge in [-0.25, -0.2) is 8.42 Å². The number of fused-ring (bicyclic) bond motifs is 2. The third-order valence-electron chi connectivity index (χ3n) is 6.11. The lowest BCUT2D eigenvalue weighted by molar-refractivity contribution is -0.125. The summed E-state index contributed by atoms with van der Waals surface area (Å²) in [6, 6.07) is 8.77. The van der Waals surface area contributed by atoms with Gasteiger partial charge in [-0.15, -0.1) is 6.42 Å². The van der Waals surface area contributed by atoms with Gasteiger partial charge in [-0.05, 0) is 48.6 Å². The highest BCUT2D eigenvalue weighted by Crippen LogP contribution is 2.33. The number of hydrogen-bond donors (Lipinski definition) is 1. The number of nitrogens with one attached hydrogen (secondary N) is 1. The van der Waals surface area contributed by atoms with Gasteiger partial charge in [0.25, 0.3) is 15.9 Å². The maximum Gasteiger partial charge on any atom is 0.298 e. The number of anilines is 1. The molecule has 0 atom stereocenters. The number of nitrogens with zero attached hydrogens (tertiary/aromatic N) is 4. The van der Waals surface area contributed by atoms with Crippen molar-refractivity contribution in [1.82, 2.24) is 19.8 Å². The van der Waals surface area contributed by atoms with Crippen molar-refractivity contribution in [2.45, 2.75) is 38.4 Å². The predicted octanol–water partition coefficient (Wildman–Crippen LogP) is 2.97. The Morgan fingerprint density at radius 1 is 1.25 bits per heavy atom. The smallest absolute Gasteiger partial charge is 0.298 e. The number of carbonyl (C=O) groups is 1. The molecule has 1 aliphatic heterocycles. The summed E-state index contributed by atoms with van der Waals surface area (Å²) in [5.74, 6) is 2.13. The van der Waals surface area contributed by atoms with Gasteiger partial charge in [0.15, 0.2) is 11.4 Å². The van der Waals surface area contributed by atoms with Crippen LogP contribution >= 0.6 is 0 Å². The van der Waals surface area contributed by atoms with E-state index in [1.807, 2.05) is 25.3 Å². The molecule has 11 heteroatoms. The minimum absolute atomic E-state index is 0.0483. The van der Waals surface area contributed by atoms with Crippen LogP contribution in [-0.4, -0.2) is 41.3 Å². The van der Waals surface area contributed by atoms with Crippen molar-refractivity contribution in [1.29, 1.82) is 0 Å².